The van der Waals surface area contributed by atoms with Crippen LogP contribution in [-0.4, -0.2) is 16.9 Å². The number of aromatic nitrogens is 1. The van der Waals surface area contributed by atoms with Crippen LogP contribution in [0.25, 0.3) is 0 Å². The largest absolute Gasteiger partial charge is 0.323 e. The minimum atomic E-state index is -0.414. The van der Waals surface area contributed by atoms with Crippen molar-refractivity contribution in [3.8, 4) is 0 Å². The Morgan fingerprint density at radius 1 is 1.45 bits per heavy atom. The highest BCUT2D eigenvalue weighted by Crippen LogP contribution is 2.27. The zero-order chi connectivity index (χ0) is 13.7. The van der Waals surface area contributed by atoms with Crippen molar-refractivity contribution >= 4 is 24.0 Å². The third-order valence-electron chi connectivity index (χ3n) is 3.95. The quantitative estimate of drug-likeness (QED) is 0.897. The zero-order valence-electron chi connectivity index (χ0n) is 12.0. The molecule has 1 aromatic heterocycles. The topological polar surface area (TPSA) is 68.0 Å². The molecule has 1 aliphatic rings. The van der Waals surface area contributed by atoms with Crippen LogP contribution in [0.1, 0.15) is 44.1 Å². The van der Waals surface area contributed by atoms with E-state index in [0.717, 1.165) is 17.7 Å². The Morgan fingerprint density at radius 3 is 2.80 bits per heavy atom. The highest BCUT2D eigenvalue weighted by atomic mass is 35.5. The van der Waals surface area contributed by atoms with Gasteiger partial charge in [-0.3, -0.25) is 9.78 Å². The summed E-state index contributed by atoms with van der Waals surface area (Å²) in [7, 11) is 0. The molecule has 4 nitrogen and oxygen atoms in total. The fraction of sp³-hybridized carbons (Fsp3) is 0.600. The smallest absolute Gasteiger partial charge is 0.241 e. The van der Waals surface area contributed by atoms with Crippen molar-refractivity contribution < 1.29 is 4.79 Å². The maximum Gasteiger partial charge on any atom is 0.241 e. The fourth-order valence-electron chi connectivity index (χ4n) is 2.71. The van der Waals surface area contributed by atoms with Gasteiger partial charge in [0.05, 0.1) is 17.9 Å². The monoisotopic (exact) mass is 297 g/mol. The Hall–Kier alpha value is -1.13. The van der Waals surface area contributed by atoms with Crippen molar-refractivity contribution in [1.29, 1.82) is 0 Å². The number of carbonyl (C=O) groups excluding carboxylic acids is 1. The molecule has 1 atom stereocenters. The predicted octanol–water partition coefficient (Wildman–Crippen LogP) is 3.05. The van der Waals surface area contributed by atoms with E-state index in [2.05, 4.69) is 10.3 Å². The molecule has 1 heterocycles. The van der Waals surface area contributed by atoms with Crippen molar-refractivity contribution in [1.82, 2.24) is 4.98 Å². The highest BCUT2D eigenvalue weighted by Gasteiger charge is 2.21. The van der Waals surface area contributed by atoms with E-state index < -0.39 is 6.04 Å². The number of nitrogens with two attached hydrogens (primary N) is 1. The maximum atomic E-state index is 12.1. The molecule has 0 saturated heterocycles. The van der Waals surface area contributed by atoms with E-state index in [4.69, 9.17) is 5.73 Å². The summed E-state index contributed by atoms with van der Waals surface area (Å²) < 4.78 is 0. The van der Waals surface area contributed by atoms with Gasteiger partial charge in [0.1, 0.15) is 0 Å². The first-order chi connectivity index (χ1) is 9.16. The van der Waals surface area contributed by atoms with E-state index >= 15 is 0 Å². The van der Waals surface area contributed by atoms with Gasteiger partial charge in [-0.05, 0) is 30.9 Å². The highest BCUT2D eigenvalue weighted by molar-refractivity contribution is 5.95. The van der Waals surface area contributed by atoms with Crippen LogP contribution in [0, 0.1) is 12.8 Å². The lowest BCUT2D eigenvalue weighted by molar-refractivity contribution is -0.117. The lowest BCUT2D eigenvalue weighted by atomic mass is 9.85. The van der Waals surface area contributed by atoms with E-state index in [1.165, 1.54) is 32.1 Å². The summed E-state index contributed by atoms with van der Waals surface area (Å²) in [5.41, 5.74) is 7.78. The van der Waals surface area contributed by atoms with E-state index in [1.807, 2.05) is 13.0 Å². The van der Waals surface area contributed by atoms with Gasteiger partial charge in [0.25, 0.3) is 0 Å². The Morgan fingerprint density at radius 2 is 2.15 bits per heavy atom. The lowest BCUT2D eigenvalue weighted by Gasteiger charge is -2.24. The minimum Gasteiger partial charge on any atom is -0.323 e. The molecular weight excluding hydrogens is 274 g/mol. The van der Waals surface area contributed by atoms with Crippen molar-refractivity contribution in [2.75, 3.05) is 5.32 Å². The Bertz CT molecular complexity index is 433. The first kappa shape index (κ1) is 16.9. The van der Waals surface area contributed by atoms with Crippen LogP contribution < -0.4 is 11.1 Å². The second-order valence-electron chi connectivity index (χ2n) is 5.53. The van der Waals surface area contributed by atoms with E-state index in [1.54, 1.807) is 12.4 Å². The number of hydrogen-bond donors (Lipinski definition) is 2. The average Bonchev–Trinajstić information content (AvgIpc) is 2.42. The number of nitrogens with one attached hydrogen (secondary N) is 1. The van der Waals surface area contributed by atoms with Crippen molar-refractivity contribution in [3.05, 3.63) is 24.0 Å². The van der Waals surface area contributed by atoms with Gasteiger partial charge in [-0.2, -0.15) is 0 Å². The molecule has 0 bridgehead atoms. The number of pyridine rings is 1. The summed E-state index contributed by atoms with van der Waals surface area (Å²) in [5, 5.41) is 2.87. The predicted molar refractivity (Wildman–Crippen MR) is 84.0 cm³/mol. The summed E-state index contributed by atoms with van der Waals surface area (Å²) in [5.74, 6) is 0.520. The normalized spacial score (nSPS) is 17.1. The van der Waals surface area contributed by atoms with E-state index in [0.29, 0.717) is 5.92 Å². The number of carbonyl (C=O) groups is 1. The van der Waals surface area contributed by atoms with Gasteiger partial charge in [0, 0.05) is 6.20 Å². The lowest BCUT2D eigenvalue weighted by Crippen LogP contribution is -2.37. The van der Waals surface area contributed by atoms with Gasteiger partial charge in [-0.1, -0.05) is 32.1 Å². The number of amides is 1. The molecule has 0 aromatic carbocycles. The van der Waals surface area contributed by atoms with Crippen LogP contribution in [-0.2, 0) is 4.79 Å². The Balaban J connectivity index is 0.00000200. The van der Waals surface area contributed by atoms with Crippen LogP contribution >= 0.6 is 12.4 Å². The number of hydrogen-bond acceptors (Lipinski definition) is 3. The summed E-state index contributed by atoms with van der Waals surface area (Å²) in [4.78, 5) is 16.1. The summed E-state index contributed by atoms with van der Waals surface area (Å²) >= 11 is 0. The van der Waals surface area contributed by atoms with Crippen LogP contribution in [0.5, 0.6) is 0 Å². The maximum absolute atomic E-state index is 12.1. The molecule has 1 unspecified atom stereocenters. The van der Waals surface area contributed by atoms with Crippen LogP contribution in [0.3, 0.4) is 0 Å². The Kier molecular flexibility index (Phi) is 6.96. The number of rotatable bonds is 4. The molecule has 2 rings (SSSR count). The van der Waals surface area contributed by atoms with Gasteiger partial charge in [0.15, 0.2) is 0 Å². The first-order valence-electron chi connectivity index (χ1n) is 7.14. The van der Waals surface area contributed by atoms with Crippen molar-refractivity contribution in [3.63, 3.8) is 0 Å². The number of aryl methyl sites for hydroxylation is 1. The molecule has 1 saturated carbocycles. The number of halogens is 1. The summed E-state index contributed by atoms with van der Waals surface area (Å²) in [6.07, 6.45) is 10.5. The molecule has 112 valence electrons. The van der Waals surface area contributed by atoms with Crippen LogP contribution in [0.4, 0.5) is 5.69 Å². The van der Waals surface area contributed by atoms with Gasteiger partial charge < -0.3 is 11.1 Å². The van der Waals surface area contributed by atoms with Crippen molar-refractivity contribution in [2.45, 2.75) is 51.5 Å². The minimum absolute atomic E-state index is 0. The molecule has 5 heteroatoms. The SMILES string of the molecule is Cc1ccncc1NC(=O)C(N)CC1CCCCC1.Cl. The fourth-order valence-corrected chi connectivity index (χ4v) is 2.71. The van der Waals surface area contributed by atoms with Crippen molar-refractivity contribution in [2.24, 2.45) is 11.7 Å². The van der Waals surface area contributed by atoms with E-state index in [-0.39, 0.29) is 18.3 Å². The van der Waals surface area contributed by atoms with E-state index in [9.17, 15) is 4.79 Å². The second-order valence-corrected chi connectivity index (χ2v) is 5.53. The zero-order valence-corrected chi connectivity index (χ0v) is 12.8. The molecule has 3 N–H and O–H groups in total. The third-order valence-corrected chi connectivity index (χ3v) is 3.95. The summed E-state index contributed by atoms with van der Waals surface area (Å²) in [6, 6.07) is 1.46. The average molecular weight is 298 g/mol. The number of nitrogens with zero attached hydrogens (tertiary/aromatic N) is 1. The second kappa shape index (κ2) is 8.22. The molecule has 0 radical (unpaired) electrons. The van der Waals surface area contributed by atoms with Crippen LogP contribution in [0.2, 0.25) is 0 Å². The molecule has 20 heavy (non-hydrogen) atoms. The molecular formula is C15H24ClN3O. The van der Waals surface area contributed by atoms with Gasteiger partial charge in [-0.25, -0.2) is 0 Å². The third kappa shape index (κ3) is 4.76. The van der Waals surface area contributed by atoms with Gasteiger partial charge in [0.2, 0.25) is 5.91 Å². The van der Waals surface area contributed by atoms with Crippen LogP contribution in [0.15, 0.2) is 18.5 Å². The Labute approximate surface area is 126 Å². The standard InChI is InChI=1S/C15H23N3O.ClH/c1-11-7-8-17-10-14(11)18-15(19)13(16)9-12-5-3-2-4-6-12;/h7-8,10,12-13H,2-6,9,16H2,1H3,(H,18,19);1H. The molecule has 0 spiro atoms. The number of anilines is 1. The molecule has 0 aliphatic heterocycles. The molecule has 1 aromatic rings. The van der Waals surface area contributed by atoms with Gasteiger partial charge in [-0.15, -0.1) is 12.4 Å². The molecule has 1 fully saturated rings. The molecule has 1 amide bonds. The molecule has 1 aliphatic carbocycles. The van der Waals surface area contributed by atoms with Gasteiger partial charge >= 0.3 is 0 Å². The first-order valence-corrected chi connectivity index (χ1v) is 7.14. The summed E-state index contributed by atoms with van der Waals surface area (Å²) in [6.45, 7) is 1.95.